The fourth-order valence-corrected chi connectivity index (χ4v) is 3.96. The molecular formula is C23H29N3O. The Hall–Kier alpha value is -2.33. The molecule has 0 bridgehead atoms. The summed E-state index contributed by atoms with van der Waals surface area (Å²) in [6.45, 7) is 3.31. The number of imidazole rings is 1. The van der Waals surface area contributed by atoms with Crippen molar-refractivity contribution in [2.45, 2.75) is 32.1 Å². The molecule has 1 fully saturated rings. The van der Waals surface area contributed by atoms with Gasteiger partial charge in [0.25, 0.3) is 0 Å². The van der Waals surface area contributed by atoms with Gasteiger partial charge in [0, 0.05) is 6.07 Å². The maximum Gasteiger partial charge on any atom is 0.121 e. The van der Waals surface area contributed by atoms with Crippen molar-refractivity contribution in [2.75, 3.05) is 26.7 Å². The maximum absolute atomic E-state index is 6.02. The van der Waals surface area contributed by atoms with E-state index in [2.05, 4.69) is 45.8 Å². The molecule has 0 saturated carbocycles. The Morgan fingerprint density at radius 2 is 1.89 bits per heavy atom. The van der Waals surface area contributed by atoms with Gasteiger partial charge in [-0.05, 0) is 76.0 Å². The summed E-state index contributed by atoms with van der Waals surface area (Å²) in [6, 6.07) is 16.5. The van der Waals surface area contributed by atoms with Crippen LogP contribution in [0.15, 0.2) is 54.9 Å². The number of nitrogens with zero attached hydrogens (tertiary/aromatic N) is 3. The van der Waals surface area contributed by atoms with Crippen LogP contribution in [-0.2, 0) is 0 Å². The average molecular weight is 364 g/mol. The third-order valence-electron chi connectivity index (χ3n) is 5.66. The van der Waals surface area contributed by atoms with Crippen molar-refractivity contribution in [3.63, 3.8) is 0 Å². The molecule has 4 heteroatoms. The van der Waals surface area contributed by atoms with Crippen LogP contribution in [0, 0.1) is 5.92 Å². The predicted molar refractivity (Wildman–Crippen MR) is 111 cm³/mol. The minimum atomic E-state index is 0.792. The first-order chi connectivity index (χ1) is 13.3. The monoisotopic (exact) mass is 363 g/mol. The van der Waals surface area contributed by atoms with E-state index in [0.29, 0.717) is 0 Å². The van der Waals surface area contributed by atoms with Crippen molar-refractivity contribution < 1.29 is 4.74 Å². The second-order valence-corrected chi connectivity index (χ2v) is 7.69. The van der Waals surface area contributed by atoms with Crippen LogP contribution in [0.5, 0.6) is 5.75 Å². The Morgan fingerprint density at radius 1 is 1.04 bits per heavy atom. The topological polar surface area (TPSA) is 30.3 Å². The zero-order chi connectivity index (χ0) is 18.5. The molecule has 1 aliphatic heterocycles. The Bertz CT molecular complexity index is 865. The van der Waals surface area contributed by atoms with Crippen LogP contribution < -0.4 is 4.74 Å². The van der Waals surface area contributed by atoms with Gasteiger partial charge in [-0.25, -0.2) is 4.98 Å². The minimum Gasteiger partial charge on any atom is -0.494 e. The van der Waals surface area contributed by atoms with Crippen LogP contribution in [0.2, 0.25) is 0 Å². The Morgan fingerprint density at radius 3 is 2.78 bits per heavy atom. The van der Waals surface area contributed by atoms with E-state index in [0.717, 1.165) is 41.4 Å². The van der Waals surface area contributed by atoms with Crippen LogP contribution in [0.4, 0.5) is 0 Å². The lowest BCUT2D eigenvalue weighted by atomic mass is 9.92. The summed E-state index contributed by atoms with van der Waals surface area (Å²) in [4.78, 5) is 6.92. The number of fused-ring (bicyclic) bond motifs is 1. The lowest BCUT2D eigenvalue weighted by Gasteiger charge is -2.28. The van der Waals surface area contributed by atoms with Gasteiger partial charge >= 0.3 is 0 Å². The van der Waals surface area contributed by atoms with Gasteiger partial charge in [-0.3, -0.25) is 4.57 Å². The fourth-order valence-electron chi connectivity index (χ4n) is 3.96. The molecule has 0 spiro atoms. The lowest BCUT2D eigenvalue weighted by Crippen LogP contribution is -2.30. The van der Waals surface area contributed by atoms with Crippen LogP contribution in [0.3, 0.4) is 0 Å². The van der Waals surface area contributed by atoms with E-state index < -0.39 is 0 Å². The summed E-state index contributed by atoms with van der Waals surface area (Å²) < 4.78 is 8.13. The number of ether oxygens (including phenoxy) is 1. The zero-order valence-electron chi connectivity index (χ0n) is 16.2. The molecule has 4 nitrogen and oxygen atoms in total. The molecule has 0 N–H and O–H groups in total. The highest BCUT2D eigenvalue weighted by atomic mass is 16.5. The summed E-state index contributed by atoms with van der Waals surface area (Å²) in [6.07, 6.45) is 8.34. The predicted octanol–water partition coefficient (Wildman–Crippen LogP) is 4.92. The number of rotatable bonds is 7. The van der Waals surface area contributed by atoms with Crippen LogP contribution >= 0.6 is 0 Å². The maximum atomic E-state index is 6.02. The molecule has 1 aromatic heterocycles. The highest BCUT2D eigenvalue weighted by molar-refractivity contribution is 5.77. The summed E-state index contributed by atoms with van der Waals surface area (Å²) in [5.41, 5.74) is 3.22. The first-order valence-electron chi connectivity index (χ1n) is 10.1. The van der Waals surface area contributed by atoms with Crippen molar-refractivity contribution in [2.24, 2.45) is 5.92 Å². The number of para-hydroxylation sites is 2. The zero-order valence-corrected chi connectivity index (χ0v) is 16.2. The summed E-state index contributed by atoms with van der Waals surface area (Å²) in [5.74, 6) is 1.85. The van der Waals surface area contributed by atoms with E-state index in [4.69, 9.17) is 4.74 Å². The molecular weight excluding hydrogens is 334 g/mol. The quantitative estimate of drug-likeness (QED) is 0.558. The van der Waals surface area contributed by atoms with Gasteiger partial charge in [-0.1, -0.05) is 24.6 Å². The third-order valence-corrected chi connectivity index (χ3v) is 5.66. The van der Waals surface area contributed by atoms with Crippen molar-refractivity contribution in [3.8, 4) is 11.4 Å². The Kier molecular flexibility index (Phi) is 5.73. The summed E-state index contributed by atoms with van der Waals surface area (Å²) in [7, 11) is 2.23. The van der Waals surface area contributed by atoms with Crippen molar-refractivity contribution in [1.82, 2.24) is 14.5 Å². The molecule has 142 valence electrons. The smallest absolute Gasteiger partial charge is 0.121 e. The van der Waals surface area contributed by atoms with Gasteiger partial charge in [-0.15, -0.1) is 0 Å². The second kappa shape index (κ2) is 8.57. The van der Waals surface area contributed by atoms with Gasteiger partial charge in [0.05, 0.1) is 23.3 Å². The second-order valence-electron chi connectivity index (χ2n) is 7.69. The number of likely N-dealkylation sites (tertiary alicyclic amines) is 1. The molecule has 0 unspecified atom stereocenters. The molecule has 1 aliphatic rings. The molecule has 0 amide bonds. The molecule has 0 atom stereocenters. The lowest BCUT2D eigenvalue weighted by molar-refractivity contribution is 0.206. The normalized spacial score (nSPS) is 16.0. The van der Waals surface area contributed by atoms with Crippen LogP contribution in [-0.4, -0.2) is 41.2 Å². The molecule has 2 aromatic carbocycles. The number of hydrogen-bond acceptors (Lipinski definition) is 3. The van der Waals surface area contributed by atoms with E-state index in [-0.39, 0.29) is 0 Å². The van der Waals surface area contributed by atoms with Crippen LogP contribution in [0.1, 0.15) is 32.1 Å². The fraction of sp³-hybridized carbons (Fsp3) is 0.435. The number of unbranched alkanes of at least 4 members (excludes halogenated alkanes) is 1. The van der Waals surface area contributed by atoms with Crippen molar-refractivity contribution in [1.29, 1.82) is 0 Å². The number of aromatic nitrogens is 2. The largest absolute Gasteiger partial charge is 0.494 e. The van der Waals surface area contributed by atoms with E-state index in [1.165, 1.54) is 38.8 Å². The van der Waals surface area contributed by atoms with E-state index in [9.17, 15) is 0 Å². The molecule has 27 heavy (non-hydrogen) atoms. The molecule has 1 saturated heterocycles. The standard InChI is InChI=1S/C23H29N3O/c1-25-14-12-19(13-15-25)7-4-5-16-27-21-9-6-8-20(17-21)26-18-24-22-10-2-3-11-23(22)26/h2-3,6,8-11,17-19H,4-5,7,12-16H2,1H3. The molecule has 0 aliphatic carbocycles. The van der Waals surface area contributed by atoms with E-state index in [1.807, 2.05) is 30.6 Å². The van der Waals surface area contributed by atoms with Gasteiger partial charge in [-0.2, -0.15) is 0 Å². The van der Waals surface area contributed by atoms with Gasteiger partial charge in [0.15, 0.2) is 0 Å². The average Bonchev–Trinajstić information content (AvgIpc) is 3.14. The van der Waals surface area contributed by atoms with Crippen molar-refractivity contribution in [3.05, 3.63) is 54.9 Å². The van der Waals surface area contributed by atoms with Crippen LogP contribution in [0.25, 0.3) is 16.7 Å². The highest BCUT2D eigenvalue weighted by Gasteiger charge is 2.15. The summed E-state index contributed by atoms with van der Waals surface area (Å²) in [5, 5.41) is 0. The highest BCUT2D eigenvalue weighted by Crippen LogP contribution is 2.23. The van der Waals surface area contributed by atoms with Crippen molar-refractivity contribution >= 4 is 11.0 Å². The Balaban J connectivity index is 1.28. The van der Waals surface area contributed by atoms with E-state index >= 15 is 0 Å². The van der Waals surface area contributed by atoms with E-state index in [1.54, 1.807) is 0 Å². The number of benzene rings is 2. The van der Waals surface area contributed by atoms with Gasteiger partial charge < -0.3 is 9.64 Å². The Labute approximate surface area is 161 Å². The molecule has 4 rings (SSSR count). The first-order valence-corrected chi connectivity index (χ1v) is 10.1. The summed E-state index contributed by atoms with van der Waals surface area (Å²) >= 11 is 0. The number of piperidine rings is 1. The van der Waals surface area contributed by atoms with Gasteiger partial charge in [0.2, 0.25) is 0 Å². The molecule has 0 radical (unpaired) electrons. The molecule has 3 aromatic rings. The molecule has 2 heterocycles. The minimum absolute atomic E-state index is 0.792. The first kappa shape index (κ1) is 18.1. The SMILES string of the molecule is CN1CCC(CCCCOc2cccc(-n3cnc4ccccc43)c2)CC1. The van der Waals surface area contributed by atoms with Gasteiger partial charge in [0.1, 0.15) is 12.1 Å². The number of hydrogen-bond donors (Lipinski definition) is 0. The third kappa shape index (κ3) is 4.51.